The summed E-state index contributed by atoms with van der Waals surface area (Å²) >= 11 is 0. The third-order valence-electron chi connectivity index (χ3n) is 3.91. The molecule has 2 amide bonds. The normalized spacial score (nSPS) is 10.2. The lowest BCUT2D eigenvalue weighted by molar-refractivity contribution is -0.126. The van der Waals surface area contributed by atoms with E-state index in [1.165, 1.54) is 0 Å². The largest absolute Gasteiger partial charge is 0.497 e. The molecule has 0 atom stereocenters. The van der Waals surface area contributed by atoms with Crippen molar-refractivity contribution in [3.63, 3.8) is 0 Å². The van der Waals surface area contributed by atoms with E-state index in [0.717, 1.165) is 33.7 Å². The van der Waals surface area contributed by atoms with Crippen molar-refractivity contribution in [3.8, 4) is 5.75 Å². The molecule has 0 aliphatic heterocycles. The number of hydrogen-bond donors (Lipinski definition) is 2. The molecule has 0 fully saturated rings. The highest BCUT2D eigenvalue weighted by Gasteiger charge is 2.12. The molecule has 0 radical (unpaired) electrons. The van der Waals surface area contributed by atoms with Gasteiger partial charge in [-0.15, -0.1) is 0 Å². The molecule has 0 saturated carbocycles. The Morgan fingerprint density at radius 1 is 0.960 bits per heavy atom. The third kappa shape index (κ3) is 5.35. The highest BCUT2D eigenvalue weighted by atomic mass is 16.5. The highest BCUT2D eigenvalue weighted by molar-refractivity contribution is 6.04. The quantitative estimate of drug-likeness (QED) is 0.793. The molecule has 0 spiro atoms. The molecule has 2 N–H and O–H groups in total. The van der Waals surface area contributed by atoms with Gasteiger partial charge in [-0.25, -0.2) is 0 Å². The fourth-order valence-electron chi connectivity index (χ4n) is 2.71. The Morgan fingerprint density at radius 3 is 2.12 bits per heavy atom. The Hall–Kier alpha value is -2.82. The molecule has 0 unspecified atom stereocenters. The first-order valence-electron chi connectivity index (χ1n) is 8.16. The summed E-state index contributed by atoms with van der Waals surface area (Å²) in [5.74, 6) is 0.135. The van der Waals surface area contributed by atoms with Crippen LogP contribution in [0.1, 0.15) is 28.7 Å². The fourth-order valence-corrected chi connectivity index (χ4v) is 2.71. The van der Waals surface area contributed by atoms with Crippen LogP contribution in [0, 0.1) is 20.8 Å². The van der Waals surface area contributed by atoms with Crippen LogP contribution in [0.4, 0.5) is 5.69 Å². The number of hydrogen-bond acceptors (Lipinski definition) is 3. The van der Waals surface area contributed by atoms with E-state index in [1.807, 2.05) is 57.2 Å². The molecule has 2 aromatic rings. The number of carbonyl (C=O) groups is 2. The second-order valence-corrected chi connectivity index (χ2v) is 6.12. The van der Waals surface area contributed by atoms with E-state index in [2.05, 4.69) is 10.6 Å². The summed E-state index contributed by atoms with van der Waals surface area (Å²) < 4.78 is 5.09. The average Bonchev–Trinajstić information content (AvgIpc) is 2.56. The van der Waals surface area contributed by atoms with E-state index in [4.69, 9.17) is 4.74 Å². The second kappa shape index (κ2) is 8.33. The van der Waals surface area contributed by atoms with Gasteiger partial charge in [0.15, 0.2) is 0 Å². The Bertz CT molecular complexity index is 744. The van der Waals surface area contributed by atoms with Crippen molar-refractivity contribution in [2.24, 2.45) is 0 Å². The van der Waals surface area contributed by atoms with Crippen molar-refractivity contribution >= 4 is 17.5 Å². The smallest absolute Gasteiger partial charge is 0.233 e. The monoisotopic (exact) mass is 340 g/mol. The van der Waals surface area contributed by atoms with Crippen molar-refractivity contribution in [2.75, 3.05) is 12.4 Å². The lowest BCUT2D eigenvalue weighted by atomic mass is 10.0. The molecular weight excluding hydrogens is 316 g/mol. The molecule has 25 heavy (non-hydrogen) atoms. The maximum absolute atomic E-state index is 12.1. The average molecular weight is 340 g/mol. The van der Waals surface area contributed by atoms with Crippen LogP contribution in [0.5, 0.6) is 5.75 Å². The summed E-state index contributed by atoms with van der Waals surface area (Å²) in [4.78, 5) is 24.1. The van der Waals surface area contributed by atoms with Crippen LogP contribution in [0.25, 0.3) is 0 Å². The molecule has 0 aromatic heterocycles. The minimum Gasteiger partial charge on any atom is -0.497 e. The van der Waals surface area contributed by atoms with Gasteiger partial charge in [0.05, 0.1) is 7.11 Å². The van der Waals surface area contributed by atoms with E-state index in [9.17, 15) is 9.59 Å². The molecular formula is C20H24N2O3. The van der Waals surface area contributed by atoms with E-state index >= 15 is 0 Å². The summed E-state index contributed by atoms with van der Waals surface area (Å²) in [7, 11) is 1.60. The number of carbonyl (C=O) groups excluding carboxylic acids is 2. The van der Waals surface area contributed by atoms with E-state index in [-0.39, 0.29) is 18.2 Å². The summed E-state index contributed by atoms with van der Waals surface area (Å²) in [5, 5.41) is 5.58. The zero-order chi connectivity index (χ0) is 18.4. The first-order chi connectivity index (χ1) is 11.9. The summed E-state index contributed by atoms with van der Waals surface area (Å²) in [6.45, 7) is 6.27. The van der Waals surface area contributed by atoms with E-state index < -0.39 is 0 Å². The molecule has 0 aliphatic carbocycles. The molecule has 0 aliphatic rings. The maximum Gasteiger partial charge on any atom is 0.233 e. The Morgan fingerprint density at radius 2 is 1.56 bits per heavy atom. The van der Waals surface area contributed by atoms with Gasteiger partial charge in [0, 0.05) is 12.2 Å². The van der Waals surface area contributed by atoms with Crippen LogP contribution in [0.2, 0.25) is 0 Å². The number of rotatable bonds is 6. The number of methoxy groups -OCH3 is 1. The minimum atomic E-state index is -0.317. The number of aryl methyl sites for hydroxylation is 3. The summed E-state index contributed by atoms with van der Waals surface area (Å²) in [5.41, 5.74) is 4.84. The standard InChI is InChI=1S/C20H24N2O3/c1-13-9-14(2)20(15(3)10-13)22-19(24)11-18(23)21-12-16-5-7-17(25-4)8-6-16/h5-10H,11-12H2,1-4H3,(H,21,23)(H,22,24). The van der Waals surface area contributed by atoms with Gasteiger partial charge in [-0.1, -0.05) is 29.8 Å². The van der Waals surface area contributed by atoms with Gasteiger partial charge in [-0.05, 0) is 49.6 Å². The highest BCUT2D eigenvalue weighted by Crippen LogP contribution is 2.22. The van der Waals surface area contributed by atoms with Crippen molar-refractivity contribution in [2.45, 2.75) is 33.7 Å². The minimum absolute atomic E-state index is 0.205. The Labute approximate surface area is 148 Å². The van der Waals surface area contributed by atoms with Gasteiger partial charge in [0.2, 0.25) is 11.8 Å². The Balaban J connectivity index is 1.86. The van der Waals surface area contributed by atoms with Gasteiger partial charge in [-0.2, -0.15) is 0 Å². The second-order valence-electron chi connectivity index (χ2n) is 6.12. The van der Waals surface area contributed by atoms with Crippen molar-refractivity contribution in [1.82, 2.24) is 5.32 Å². The van der Waals surface area contributed by atoms with Crippen LogP contribution in [-0.2, 0) is 16.1 Å². The number of nitrogens with one attached hydrogen (secondary N) is 2. The molecule has 0 saturated heterocycles. The number of amides is 2. The summed E-state index contributed by atoms with van der Waals surface area (Å²) in [6, 6.07) is 11.4. The van der Waals surface area contributed by atoms with E-state index in [1.54, 1.807) is 7.11 Å². The van der Waals surface area contributed by atoms with Gasteiger partial charge in [-0.3, -0.25) is 9.59 Å². The lowest BCUT2D eigenvalue weighted by Gasteiger charge is -2.13. The van der Waals surface area contributed by atoms with Gasteiger partial charge >= 0.3 is 0 Å². The van der Waals surface area contributed by atoms with E-state index in [0.29, 0.717) is 6.54 Å². The van der Waals surface area contributed by atoms with Gasteiger partial charge < -0.3 is 15.4 Å². The predicted octanol–water partition coefficient (Wildman–Crippen LogP) is 3.27. The maximum atomic E-state index is 12.1. The number of benzene rings is 2. The van der Waals surface area contributed by atoms with Crippen molar-refractivity contribution in [1.29, 1.82) is 0 Å². The molecule has 5 heteroatoms. The van der Waals surface area contributed by atoms with Crippen LogP contribution in [0.15, 0.2) is 36.4 Å². The predicted molar refractivity (Wildman–Crippen MR) is 98.7 cm³/mol. The van der Waals surface area contributed by atoms with Gasteiger partial charge in [0.25, 0.3) is 0 Å². The van der Waals surface area contributed by atoms with Crippen LogP contribution < -0.4 is 15.4 Å². The van der Waals surface area contributed by atoms with Crippen LogP contribution >= 0.6 is 0 Å². The number of ether oxygens (including phenoxy) is 1. The zero-order valence-electron chi connectivity index (χ0n) is 15.1. The fraction of sp³-hybridized carbons (Fsp3) is 0.300. The zero-order valence-corrected chi connectivity index (χ0v) is 15.1. The van der Waals surface area contributed by atoms with Crippen LogP contribution in [-0.4, -0.2) is 18.9 Å². The van der Waals surface area contributed by atoms with Crippen molar-refractivity contribution < 1.29 is 14.3 Å². The molecule has 2 aromatic carbocycles. The topological polar surface area (TPSA) is 67.4 Å². The SMILES string of the molecule is COc1ccc(CNC(=O)CC(=O)Nc2c(C)cc(C)cc2C)cc1. The summed E-state index contributed by atoms with van der Waals surface area (Å²) in [6.07, 6.45) is -0.205. The Kier molecular flexibility index (Phi) is 6.17. The molecule has 5 nitrogen and oxygen atoms in total. The first kappa shape index (κ1) is 18.5. The number of anilines is 1. The van der Waals surface area contributed by atoms with Gasteiger partial charge in [0.1, 0.15) is 12.2 Å². The van der Waals surface area contributed by atoms with Crippen LogP contribution in [0.3, 0.4) is 0 Å². The molecule has 132 valence electrons. The first-order valence-corrected chi connectivity index (χ1v) is 8.16. The van der Waals surface area contributed by atoms with Crippen molar-refractivity contribution in [3.05, 3.63) is 58.7 Å². The molecule has 0 heterocycles. The molecule has 2 rings (SSSR count). The lowest BCUT2D eigenvalue weighted by Crippen LogP contribution is -2.28. The third-order valence-corrected chi connectivity index (χ3v) is 3.91. The molecule has 0 bridgehead atoms.